The summed E-state index contributed by atoms with van der Waals surface area (Å²) in [6, 6.07) is 20.2. The van der Waals surface area contributed by atoms with Crippen LogP contribution in [-0.4, -0.2) is 30.6 Å². The predicted octanol–water partition coefficient (Wildman–Crippen LogP) is 5.08. The molecule has 0 aliphatic carbocycles. The lowest BCUT2D eigenvalue weighted by molar-refractivity contribution is 0.0600. The van der Waals surface area contributed by atoms with Gasteiger partial charge in [0.25, 0.3) is 0 Å². The van der Waals surface area contributed by atoms with E-state index < -0.39 is 0 Å². The molecule has 0 spiro atoms. The van der Waals surface area contributed by atoms with Gasteiger partial charge >= 0.3 is 0 Å². The van der Waals surface area contributed by atoms with Gasteiger partial charge in [-0.25, -0.2) is 0 Å². The molecule has 4 unspecified atom stereocenters. The molecular weight excluding hydrogens is 322 g/mol. The smallest absolute Gasteiger partial charge is 0.127 e. The van der Waals surface area contributed by atoms with Crippen molar-refractivity contribution in [3.8, 4) is 5.75 Å². The number of nitrogens with zero attached hydrogens (tertiary/aromatic N) is 1. The first-order valence-corrected chi connectivity index (χ1v) is 9.67. The summed E-state index contributed by atoms with van der Waals surface area (Å²) < 4.78 is 12.2. The Labute approximate surface area is 154 Å². The number of hydrogen-bond donors (Lipinski definition) is 0. The summed E-state index contributed by atoms with van der Waals surface area (Å²) in [7, 11) is 2.28. The Kier molecular flexibility index (Phi) is 3.97. The molecule has 2 aromatic carbocycles. The summed E-state index contributed by atoms with van der Waals surface area (Å²) in [4.78, 5) is 2.58. The third kappa shape index (κ3) is 2.62. The molecule has 0 saturated carbocycles. The zero-order chi connectivity index (χ0) is 17.5. The summed E-state index contributed by atoms with van der Waals surface area (Å²) >= 11 is 0. The Balaban J connectivity index is 1.43. The Hall–Kier alpha value is -2.26. The molecule has 0 amide bonds. The fourth-order valence-electron chi connectivity index (χ4n) is 5.14. The van der Waals surface area contributed by atoms with E-state index in [1.165, 1.54) is 30.0 Å². The maximum Gasteiger partial charge on any atom is 0.127 e. The Morgan fingerprint density at radius 2 is 1.92 bits per heavy atom. The van der Waals surface area contributed by atoms with Crippen molar-refractivity contribution in [1.82, 2.24) is 4.90 Å². The molecule has 5 rings (SSSR count). The molecule has 0 radical (unpaired) electrons. The first-order valence-electron chi connectivity index (χ1n) is 9.67. The number of furan rings is 1. The monoisotopic (exact) mass is 347 g/mol. The van der Waals surface area contributed by atoms with Crippen LogP contribution in [0.15, 0.2) is 65.3 Å². The summed E-state index contributed by atoms with van der Waals surface area (Å²) in [5, 5.41) is 2.42. The van der Waals surface area contributed by atoms with Gasteiger partial charge in [0.15, 0.2) is 0 Å². The summed E-state index contributed by atoms with van der Waals surface area (Å²) in [6.07, 6.45) is 5.54. The van der Waals surface area contributed by atoms with Crippen LogP contribution >= 0.6 is 0 Å². The molecule has 2 fully saturated rings. The van der Waals surface area contributed by atoms with Crippen LogP contribution in [0.5, 0.6) is 5.75 Å². The highest BCUT2D eigenvalue weighted by Crippen LogP contribution is 2.46. The lowest BCUT2D eigenvalue weighted by Crippen LogP contribution is -2.47. The highest BCUT2D eigenvalue weighted by Gasteiger charge is 2.47. The number of ether oxygens (including phenoxy) is 1. The van der Waals surface area contributed by atoms with Crippen molar-refractivity contribution >= 4 is 10.8 Å². The highest BCUT2D eigenvalue weighted by molar-refractivity contribution is 5.88. The second-order valence-electron chi connectivity index (χ2n) is 7.77. The van der Waals surface area contributed by atoms with Crippen LogP contribution in [0, 0.1) is 5.92 Å². The Morgan fingerprint density at radius 1 is 1.04 bits per heavy atom. The van der Waals surface area contributed by atoms with Crippen molar-refractivity contribution in [3.05, 3.63) is 66.6 Å². The average molecular weight is 347 g/mol. The van der Waals surface area contributed by atoms with E-state index in [0.717, 1.165) is 18.1 Å². The molecule has 3 heterocycles. The van der Waals surface area contributed by atoms with Gasteiger partial charge in [-0.1, -0.05) is 36.4 Å². The van der Waals surface area contributed by atoms with E-state index in [2.05, 4.69) is 60.5 Å². The molecule has 2 bridgehead atoms. The number of fused-ring (bicyclic) bond motifs is 3. The van der Waals surface area contributed by atoms with Crippen LogP contribution in [0.2, 0.25) is 0 Å². The van der Waals surface area contributed by atoms with E-state index in [9.17, 15) is 0 Å². The minimum Gasteiger partial charge on any atom is -0.493 e. The van der Waals surface area contributed by atoms with E-state index in [-0.39, 0.29) is 0 Å². The summed E-state index contributed by atoms with van der Waals surface area (Å²) in [6.45, 7) is 0.737. The maximum atomic E-state index is 6.42. The first-order chi connectivity index (χ1) is 12.8. The van der Waals surface area contributed by atoms with Crippen molar-refractivity contribution in [2.75, 3.05) is 13.7 Å². The van der Waals surface area contributed by atoms with Gasteiger partial charge in [0, 0.05) is 29.3 Å². The Bertz CT molecular complexity index is 883. The van der Waals surface area contributed by atoms with Crippen molar-refractivity contribution in [1.29, 1.82) is 0 Å². The van der Waals surface area contributed by atoms with Crippen molar-refractivity contribution in [2.24, 2.45) is 5.92 Å². The molecule has 3 heteroatoms. The quantitative estimate of drug-likeness (QED) is 0.658. The second-order valence-corrected chi connectivity index (χ2v) is 7.77. The standard InChI is InChI=1S/C23H25NO2/c1-24-17-11-12-21(24)20(19(14-17)23-10-5-13-25-23)15-26-22-9-4-7-16-6-2-3-8-18(16)22/h2-10,13,17,19-21H,11-12,14-15H2,1H3. The van der Waals surface area contributed by atoms with Gasteiger partial charge in [-0.05, 0) is 49.9 Å². The molecular formula is C23H25NO2. The third-order valence-electron chi connectivity index (χ3n) is 6.52. The molecule has 134 valence electrons. The van der Waals surface area contributed by atoms with E-state index in [4.69, 9.17) is 9.15 Å². The van der Waals surface area contributed by atoms with Crippen LogP contribution in [0.4, 0.5) is 0 Å². The third-order valence-corrected chi connectivity index (χ3v) is 6.52. The van der Waals surface area contributed by atoms with Crippen LogP contribution in [0.1, 0.15) is 30.9 Å². The molecule has 2 aliphatic rings. The van der Waals surface area contributed by atoms with E-state index in [1.54, 1.807) is 6.26 Å². The molecule has 1 aromatic heterocycles. The molecule has 2 aliphatic heterocycles. The normalized spacial score (nSPS) is 28.5. The largest absolute Gasteiger partial charge is 0.493 e. The lowest BCUT2D eigenvalue weighted by atomic mass is 9.79. The topological polar surface area (TPSA) is 25.6 Å². The molecule has 26 heavy (non-hydrogen) atoms. The minimum absolute atomic E-state index is 0.452. The van der Waals surface area contributed by atoms with Gasteiger partial charge in [-0.3, -0.25) is 0 Å². The van der Waals surface area contributed by atoms with Gasteiger partial charge in [0.1, 0.15) is 11.5 Å². The molecule has 3 aromatic rings. The Morgan fingerprint density at radius 3 is 2.81 bits per heavy atom. The maximum absolute atomic E-state index is 6.42. The van der Waals surface area contributed by atoms with Crippen LogP contribution in [0.3, 0.4) is 0 Å². The lowest BCUT2D eigenvalue weighted by Gasteiger charge is -2.42. The number of hydrogen-bond acceptors (Lipinski definition) is 3. The predicted molar refractivity (Wildman–Crippen MR) is 104 cm³/mol. The SMILES string of the molecule is CN1C2CCC1C(COc1cccc3ccccc13)C(c1ccco1)C2. The van der Waals surface area contributed by atoms with Crippen LogP contribution in [0.25, 0.3) is 10.8 Å². The minimum atomic E-state index is 0.452. The summed E-state index contributed by atoms with van der Waals surface area (Å²) in [5.41, 5.74) is 0. The van der Waals surface area contributed by atoms with Gasteiger partial charge in [-0.2, -0.15) is 0 Å². The zero-order valence-electron chi connectivity index (χ0n) is 15.2. The first kappa shape index (κ1) is 16.0. The molecule has 2 saturated heterocycles. The fraction of sp³-hybridized carbons (Fsp3) is 0.391. The van der Waals surface area contributed by atoms with Gasteiger partial charge in [0.2, 0.25) is 0 Å². The van der Waals surface area contributed by atoms with Gasteiger partial charge in [-0.15, -0.1) is 0 Å². The molecule has 4 atom stereocenters. The van der Waals surface area contributed by atoms with E-state index >= 15 is 0 Å². The van der Waals surface area contributed by atoms with Gasteiger partial charge < -0.3 is 14.1 Å². The average Bonchev–Trinajstić information content (AvgIpc) is 3.28. The molecule has 3 nitrogen and oxygen atoms in total. The number of piperidine rings is 1. The van der Waals surface area contributed by atoms with Crippen LogP contribution < -0.4 is 4.74 Å². The van der Waals surface area contributed by atoms with Gasteiger partial charge in [0.05, 0.1) is 12.9 Å². The van der Waals surface area contributed by atoms with E-state index in [0.29, 0.717) is 23.9 Å². The number of benzene rings is 2. The number of rotatable bonds is 4. The highest BCUT2D eigenvalue weighted by atomic mass is 16.5. The zero-order valence-corrected chi connectivity index (χ0v) is 15.2. The van der Waals surface area contributed by atoms with Crippen molar-refractivity contribution in [3.63, 3.8) is 0 Å². The van der Waals surface area contributed by atoms with Crippen LogP contribution in [-0.2, 0) is 0 Å². The van der Waals surface area contributed by atoms with E-state index in [1.807, 2.05) is 6.07 Å². The second kappa shape index (κ2) is 6.48. The van der Waals surface area contributed by atoms with Crippen molar-refractivity contribution < 1.29 is 9.15 Å². The van der Waals surface area contributed by atoms with Crippen molar-refractivity contribution in [2.45, 2.75) is 37.3 Å². The fourth-order valence-corrected chi connectivity index (χ4v) is 5.14. The molecule has 0 N–H and O–H groups in total. The summed E-state index contributed by atoms with van der Waals surface area (Å²) in [5.74, 6) is 3.03.